The Morgan fingerprint density at radius 2 is 1.49 bits per heavy atom. The molecular formula is C25H32N4O8. The van der Waals surface area contributed by atoms with Gasteiger partial charge in [0.15, 0.2) is 0 Å². The zero-order valence-electron chi connectivity index (χ0n) is 21.3. The average molecular weight is 517 g/mol. The Hall–Kier alpha value is -4.22. The first-order chi connectivity index (χ1) is 17.3. The van der Waals surface area contributed by atoms with E-state index in [1.54, 1.807) is 32.9 Å². The van der Waals surface area contributed by atoms with Gasteiger partial charge in [-0.3, -0.25) is 24.0 Å². The number of carbonyl (C=O) groups excluding carboxylic acids is 4. The first-order valence-corrected chi connectivity index (χ1v) is 11.8. The molecule has 0 fully saturated rings. The summed E-state index contributed by atoms with van der Waals surface area (Å²) in [5.74, 6) is -3.82. The summed E-state index contributed by atoms with van der Waals surface area (Å²) in [5, 5.41) is 19.5. The summed E-state index contributed by atoms with van der Waals surface area (Å²) in [7, 11) is 0. The Morgan fingerprint density at radius 1 is 0.865 bits per heavy atom. The first-order valence-electron chi connectivity index (χ1n) is 11.8. The molecule has 0 radical (unpaired) electrons. The number of rotatable bonds is 11. The van der Waals surface area contributed by atoms with Crippen LogP contribution in [0.15, 0.2) is 33.5 Å². The molecule has 0 saturated heterocycles. The molecule has 2 aromatic rings. The van der Waals surface area contributed by atoms with Crippen LogP contribution in [-0.2, 0) is 24.0 Å². The van der Waals surface area contributed by atoms with Gasteiger partial charge >= 0.3 is 11.6 Å². The summed E-state index contributed by atoms with van der Waals surface area (Å²) in [6, 6.07) is 3.29. The lowest BCUT2D eigenvalue weighted by Gasteiger charge is -2.24. The van der Waals surface area contributed by atoms with Crippen molar-refractivity contribution in [2.75, 3.05) is 5.32 Å². The summed E-state index contributed by atoms with van der Waals surface area (Å²) in [6.45, 7) is 8.08. The first kappa shape index (κ1) is 29.0. The molecule has 1 aromatic heterocycles. The molecule has 4 amide bonds. The summed E-state index contributed by atoms with van der Waals surface area (Å²) in [6.07, 6.45) is -0.651. The highest BCUT2D eigenvalue weighted by Gasteiger charge is 2.28. The molecule has 1 aromatic carbocycles. The van der Waals surface area contributed by atoms with Gasteiger partial charge in [-0.2, -0.15) is 0 Å². The normalized spacial score (nSPS) is 13.4. The fourth-order valence-corrected chi connectivity index (χ4v) is 3.44. The number of carboxylic acid groups (broad SMARTS) is 1. The van der Waals surface area contributed by atoms with Gasteiger partial charge in [0.05, 0.1) is 6.42 Å². The predicted molar refractivity (Wildman–Crippen MR) is 135 cm³/mol. The third-order valence-electron chi connectivity index (χ3n) is 5.55. The number of aliphatic carboxylic acids is 1. The smallest absolute Gasteiger partial charge is 0.336 e. The van der Waals surface area contributed by atoms with E-state index >= 15 is 0 Å². The summed E-state index contributed by atoms with van der Waals surface area (Å²) in [4.78, 5) is 72.0. The molecule has 0 aliphatic carbocycles. The van der Waals surface area contributed by atoms with E-state index < -0.39 is 53.3 Å². The molecule has 0 spiro atoms. The van der Waals surface area contributed by atoms with E-state index in [-0.39, 0.29) is 18.8 Å². The van der Waals surface area contributed by atoms with E-state index in [2.05, 4.69) is 21.3 Å². The molecule has 2 rings (SSSR count). The third-order valence-corrected chi connectivity index (χ3v) is 5.55. The summed E-state index contributed by atoms with van der Waals surface area (Å²) in [5.41, 5.74) is 0.918. The molecule has 12 nitrogen and oxygen atoms in total. The molecule has 3 atom stereocenters. The topological polar surface area (TPSA) is 184 Å². The number of hydrogen-bond acceptors (Lipinski definition) is 7. The lowest BCUT2D eigenvalue weighted by Crippen LogP contribution is -2.55. The van der Waals surface area contributed by atoms with Crippen molar-refractivity contribution in [3.8, 4) is 0 Å². The third kappa shape index (κ3) is 8.44. The number of aryl methyl sites for hydroxylation is 1. The largest absolute Gasteiger partial charge is 0.481 e. The van der Waals surface area contributed by atoms with E-state index in [0.29, 0.717) is 11.3 Å². The van der Waals surface area contributed by atoms with Crippen LogP contribution < -0.4 is 26.9 Å². The Bertz CT molecular complexity index is 1250. The van der Waals surface area contributed by atoms with Gasteiger partial charge in [0.25, 0.3) is 0 Å². The fraction of sp³-hybridized carbons (Fsp3) is 0.440. The Morgan fingerprint density at radius 3 is 2.11 bits per heavy atom. The van der Waals surface area contributed by atoms with Crippen LogP contribution in [0.4, 0.5) is 5.69 Å². The number of carbonyl (C=O) groups is 5. The van der Waals surface area contributed by atoms with Gasteiger partial charge in [-0.25, -0.2) is 4.79 Å². The minimum Gasteiger partial charge on any atom is -0.481 e. The Labute approximate surface area is 213 Å². The van der Waals surface area contributed by atoms with Gasteiger partial charge in [0.1, 0.15) is 23.7 Å². The molecule has 37 heavy (non-hydrogen) atoms. The minimum absolute atomic E-state index is 0.281. The van der Waals surface area contributed by atoms with Gasteiger partial charge < -0.3 is 30.8 Å². The van der Waals surface area contributed by atoms with Crippen LogP contribution in [-0.4, -0.2) is 52.8 Å². The summed E-state index contributed by atoms with van der Waals surface area (Å²) < 4.78 is 5.20. The SMILES string of the molecule is Cc1cc(=O)oc2cc(NC(=O)[C@@H](NC(=O)[C@H](C)NC(=O)[C@H](C)NC(=O)CCC(=O)O)C(C)C)ccc12. The van der Waals surface area contributed by atoms with Crippen molar-refractivity contribution in [1.29, 1.82) is 0 Å². The molecule has 0 bridgehead atoms. The van der Waals surface area contributed by atoms with Crippen LogP contribution in [0, 0.1) is 12.8 Å². The van der Waals surface area contributed by atoms with E-state index in [4.69, 9.17) is 9.52 Å². The maximum Gasteiger partial charge on any atom is 0.336 e. The monoisotopic (exact) mass is 516 g/mol. The second-order valence-electron chi connectivity index (χ2n) is 9.09. The lowest BCUT2D eigenvalue weighted by molar-refractivity contribution is -0.139. The van der Waals surface area contributed by atoms with E-state index in [1.165, 1.54) is 26.0 Å². The van der Waals surface area contributed by atoms with Crippen molar-refractivity contribution in [2.45, 2.75) is 65.6 Å². The second-order valence-corrected chi connectivity index (χ2v) is 9.09. The zero-order valence-corrected chi connectivity index (χ0v) is 21.3. The van der Waals surface area contributed by atoms with Crippen LogP contribution in [0.25, 0.3) is 11.0 Å². The molecule has 12 heteroatoms. The molecule has 200 valence electrons. The van der Waals surface area contributed by atoms with Gasteiger partial charge in [0, 0.05) is 29.6 Å². The maximum absolute atomic E-state index is 12.9. The highest BCUT2D eigenvalue weighted by molar-refractivity contribution is 6.00. The number of anilines is 1. The van der Waals surface area contributed by atoms with Crippen molar-refractivity contribution in [3.63, 3.8) is 0 Å². The van der Waals surface area contributed by atoms with Gasteiger partial charge in [0.2, 0.25) is 23.6 Å². The number of carboxylic acids is 1. The summed E-state index contributed by atoms with van der Waals surface area (Å²) >= 11 is 0. The molecule has 0 aliphatic rings. The van der Waals surface area contributed by atoms with Crippen LogP contribution in [0.1, 0.15) is 46.1 Å². The van der Waals surface area contributed by atoms with Gasteiger partial charge in [-0.1, -0.05) is 13.8 Å². The van der Waals surface area contributed by atoms with Gasteiger partial charge in [-0.05, 0) is 44.4 Å². The van der Waals surface area contributed by atoms with Crippen LogP contribution >= 0.6 is 0 Å². The minimum atomic E-state index is -1.14. The molecule has 0 aliphatic heterocycles. The average Bonchev–Trinajstić information content (AvgIpc) is 2.80. The number of hydrogen-bond donors (Lipinski definition) is 5. The number of amides is 4. The number of nitrogens with one attached hydrogen (secondary N) is 4. The Kier molecular flexibility index (Phi) is 9.92. The van der Waals surface area contributed by atoms with Crippen LogP contribution in [0.2, 0.25) is 0 Å². The van der Waals surface area contributed by atoms with Crippen molar-refractivity contribution in [1.82, 2.24) is 16.0 Å². The molecule has 0 unspecified atom stereocenters. The number of fused-ring (bicyclic) bond motifs is 1. The van der Waals surface area contributed by atoms with Crippen LogP contribution in [0.5, 0.6) is 0 Å². The van der Waals surface area contributed by atoms with Crippen molar-refractivity contribution >= 4 is 46.3 Å². The quantitative estimate of drug-likeness (QED) is 0.274. The second kappa shape index (κ2) is 12.7. The molecule has 1 heterocycles. The zero-order chi connectivity index (χ0) is 27.9. The molecule has 5 N–H and O–H groups in total. The van der Waals surface area contributed by atoms with E-state index in [1.807, 2.05) is 0 Å². The van der Waals surface area contributed by atoms with Crippen molar-refractivity contribution < 1.29 is 33.5 Å². The molecular weight excluding hydrogens is 484 g/mol. The predicted octanol–water partition coefficient (Wildman–Crippen LogP) is 1.05. The van der Waals surface area contributed by atoms with Crippen LogP contribution in [0.3, 0.4) is 0 Å². The highest BCUT2D eigenvalue weighted by Crippen LogP contribution is 2.21. The van der Waals surface area contributed by atoms with E-state index in [0.717, 1.165) is 10.9 Å². The molecule has 0 saturated carbocycles. The highest BCUT2D eigenvalue weighted by atomic mass is 16.4. The van der Waals surface area contributed by atoms with Crippen molar-refractivity contribution in [2.24, 2.45) is 5.92 Å². The maximum atomic E-state index is 12.9. The van der Waals surface area contributed by atoms with Crippen molar-refractivity contribution in [3.05, 3.63) is 40.2 Å². The van der Waals surface area contributed by atoms with E-state index in [9.17, 15) is 28.8 Å². The fourth-order valence-electron chi connectivity index (χ4n) is 3.44. The van der Waals surface area contributed by atoms with Gasteiger partial charge in [-0.15, -0.1) is 0 Å². The Balaban J connectivity index is 2.00. The standard InChI is InChI=1S/C25H32N4O8/c1-12(2)22(25(36)28-16-6-7-17-13(3)10-21(33)37-18(17)11-16)29-24(35)15(5)27-23(34)14(4)26-19(30)8-9-20(31)32/h6-7,10-12,14-15,22H,8-9H2,1-5H3,(H,26,30)(H,27,34)(H,28,36)(H,29,35)(H,31,32)/t14-,15-,22-/m0/s1. The number of benzene rings is 1. The lowest BCUT2D eigenvalue weighted by atomic mass is 10.0.